The van der Waals surface area contributed by atoms with Crippen LogP contribution in [-0.4, -0.2) is 81.8 Å². The van der Waals surface area contributed by atoms with Crippen LogP contribution in [0.3, 0.4) is 0 Å². The highest BCUT2D eigenvalue weighted by molar-refractivity contribution is 5.81. The molecule has 23 heavy (non-hydrogen) atoms. The minimum atomic E-state index is -0.974. The van der Waals surface area contributed by atoms with Gasteiger partial charge in [-0.3, -0.25) is 19.5 Å². The van der Waals surface area contributed by atoms with Gasteiger partial charge in [-0.1, -0.05) is 0 Å². The topological polar surface area (TPSA) is 103 Å². The lowest BCUT2D eigenvalue weighted by atomic mass is 10.2. The molecule has 0 aliphatic carbocycles. The van der Waals surface area contributed by atoms with E-state index in [2.05, 4.69) is 4.98 Å². The Morgan fingerprint density at radius 2 is 2.26 bits per heavy atom. The number of aliphatic hydroxyl groups is 1. The third-order valence-corrected chi connectivity index (χ3v) is 3.82. The highest BCUT2D eigenvalue weighted by Gasteiger charge is 2.38. The van der Waals surface area contributed by atoms with Crippen molar-refractivity contribution in [1.82, 2.24) is 14.8 Å². The van der Waals surface area contributed by atoms with Gasteiger partial charge in [-0.05, 0) is 26.1 Å². The fourth-order valence-electron chi connectivity index (χ4n) is 2.64. The third kappa shape index (κ3) is 4.40. The van der Waals surface area contributed by atoms with E-state index in [4.69, 9.17) is 9.84 Å². The molecule has 1 aromatic heterocycles. The molecule has 2 rings (SSSR count). The molecule has 1 saturated heterocycles. The maximum Gasteiger partial charge on any atom is 0.317 e. The van der Waals surface area contributed by atoms with Crippen LogP contribution in [0.5, 0.6) is 5.75 Å². The number of aliphatic carboxylic acids is 1. The zero-order valence-electron chi connectivity index (χ0n) is 13.1. The van der Waals surface area contributed by atoms with Crippen LogP contribution in [0.1, 0.15) is 6.92 Å². The lowest BCUT2D eigenvalue weighted by Crippen LogP contribution is -2.44. The molecule has 1 aliphatic heterocycles. The molecule has 2 heterocycles. The number of ether oxygens (including phenoxy) is 1. The molecule has 1 aliphatic rings. The number of aliphatic hydroxyl groups excluding tert-OH is 1. The first-order valence-corrected chi connectivity index (χ1v) is 7.34. The maximum atomic E-state index is 12.4. The van der Waals surface area contributed by atoms with Gasteiger partial charge in [0, 0.05) is 19.3 Å². The van der Waals surface area contributed by atoms with E-state index in [0.29, 0.717) is 5.75 Å². The van der Waals surface area contributed by atoms with Gasteiger partial charge in [-0.2, -0.15) is 0 Å². The van der Waals surface area contributed by atoms with E-state index in [9.17, 15) is 14.7 Å². The molecule has 8 heteroatoms. The van der Waals surface area contributed by atoms with Crippen molar-refractivity contribution in [2.45, 2.75) is 25.2 Å². The van der Waals surface area contributed by atoms with Crippen LogP contribution in [0.2, 0.25) is 0 Å². The Bertz CT molecular complexity index is 553. The number of likely N-dealkylation sites (N-methyl/N-ethyl adjacent to an activating group) is 1. The second-order valence-corrected chi connectivity index (χ2v) is 5.64. The number of aromatic nitrogens is 1. The summed E-state index contributed by atoms with van der Waals surface area (Å²) in [6, 6.07) is 3.02. The molecule has 0 radical (unpaired) electrons. The van der Waals surface area contributed by atoms with Gasteiger partial charge in [0.2, 0.25) is 0 Å². The Labute approximate surface area is 134 Å². The molecule has 1 aromatic rings. The number of carboxylic acids is 1. The van der Waals surface area contributed by atoms with Crippen LogP contribution in [0, 0.1) is 0 Å². The van der Waals surface area contributed by atoms with Crippen molar-refractivity contribution >= 4 is 11.9 Å². The summed E-state index contributed by atoms with van der Waals surface area (Å²) < 4.78 is 5.54. The normalized spacial score (nSPS) is 22.2. The Morgan fingerprint density at radius 1 is 1.52 bits per heavy atom. The van der Waals surface area contributed by atoms with Crippen molar-refractivity contribution in [2.75, 3.05) is 26.7 Å². The Morgan fingerprint density at radius 3 is 2.87 bits per heavy atom. The molecule has 2 unspecified atom stereocenters. The Hall–Kier alpha value is -2.19. The predicted molar refractivity (Wildman–Crippen MR) is 81.0 cm³/mol. The summed E-state index contributed by atoms with van der Waals surface area (Å²) in [5, 5.41) is 18.9. The first-order valence-electron chi connectivity index (χ1n) is 7.34. The average molecular weight is 323 g/mol. The van der Waals surface area contributed by atoms with E-state index in [-0.39, 0.29) is 25.5 Å². The van der Waals surface area contributed by atoms with Crippen molar-refractivity contribution in [1.29, 1.82) is 0 Å². The standard InChI is InChI=1S/C15H21N3O5/c1-10(23-11-4-3-5-16-6-11)15(22)18-7-12(13(19)8-18)17(2)9-14(20)21/h3-6,10,12-13,19H,7-9H2,1-2H3,(H,20,21)/t10?,12?,13-/m1/s1. The van der Waals surface area contributed by atoms with Crippen molar-refractivity contribution in [3.63, 3.8) is 0 Å². The number of carbonyl (C=O) groups excluding carboxylic acids is 1. The molecule has 8 nitrogen and oxygen atoms in total. The zero-order chi connectivity index (χ0) is 17.0. The Kier molecular flexibility index (Phi) is 5.51. The fourth-order valence-corrected chi connectivity index (χ4v) is 2.64. The van der Waals surface area contributed by atoms with Gasteiger partial charge in [-0.15, -0.1) is 0 Å². The van der Waals surface area contributed by atoms with E-state index in [1.165, 1.54) is 16.0 Å². The number of nitrogens with zero attached hydrogens (tertiary/aromatic N) is 3. The maximum absolute atomic E-state index is 12.4. The molecule has 3 atom stereocenters. The number of rotatable bonds is 6. The van der Waals surface area contributed by atoms with Crippen LogP contribution >= 0.6 is 0 Å². The summed E-state index contributed by atoms with van der Waals surface area (Å²) in [5.41, 5.74) is 0. The fraction of sp³-hybridized carbons (Fsp3) is 0.533. The number of amides is 1. The van der Waals surface area contributed by atoms with Gasteiger partial charge in [0.05, 0.1) is 24.9 Å². The average Bonchev–Trinajstić information content (AvgIpc) is 2.88. The van der Waals surface area contributed by atoms with Crippen LogP contribution < -0.4 is 4.74 Å². The van der Waals surface area contributed by atoms with Gasteiger partial charge in [0.1, 0.15) is 5.75 Å². The molecule has 1 fully saturated rings. The number of pyridine rings is 1. The summed E-state index contributed by atoms with van der Waals surface area (Å²) in [5.74, 6) is -0.732. The number of hydrogen-bond acceptors (Lipinski definition) is 6. The van der Waals surface area contributed by atoms with Gasteiger partial charge < -0.3 is 19.8 Å². The van der Waals surface area contributed by atoms with Gasteiger partial charge in [0.25, 0.3) is 5.91 Å². The Balaban J connectivity index is 1.94. The number of carbonyl (C=O) groups is 2. The summed E-state index contributed by atoms with van der Waals surface area (Å²) in [4.78, 5) is 30.1. The molecule has 126 valence electrons. The summed E-state index contributed by atoms with van der Waals surface area (Å²) in [6.45, 7) is 1.88. The van der Waals surface area contributed by atoms with E-state index in [1.54, 1.807) is 32.3 Å². The van der Waals surface area contributed by atoms with E-state index in [1.807, 2.05) is 0 Å². The lowest BCUT2D eigenvalue weighted by molar-refractivity contribution is -0.138. The van der Waals surface area contributed by atoms with Crippen molar-refractivity contribution < 1.29 is 24.5 Å². The van der Waals surface area contributed by atoms with Gasteiger partial charge in [-0.25, -0.2) is 0 Å². The molecule has 2 N–H and O–H groups in total. The first-order chi connectivity index (χ1) is 10.9. The van der Waals surface area contributed by atoms with Crippen LogP contribution in [0.15, 0.2) is 24.5 Å². The smallest absolute Gasteiger partial charge is 0.317 e. The SMILES string of the molecule is CC(Oc1cccnc1)C(=O)N1CC(N(C)CC(=O)O)[C@H](O)C1. The van der Waals surface area contributed by atoms with Crippen molar-refractivity contribution in [3.8, 4) is 5.75 Å². The number of hydrogen-bond donors (Lipinski definition) is 2. The summed E-state index contributed by atoms with van der Waals surface area (Å²) in [7, 11) is 1.62. The van der Waals surface area contributed by atoms with Crippen LogP contribution in [-0.2, 0) is 9.59 Å². The number of β-amino-alcohol motifs (C(OH)–C–C–N with tert-alkyl or cyclic N) is 1. The van der Waals surface area contributed by atoms with Crippen LogP contribution in [0.25, 0.3) is 0 Å². The minimum absolute atomic E-state index is 0.161. The zero-order valence-corrected chi connectivity index (χ0v) is 13.1. The molecular weight excluding hydrogens is 302 g/mol. The molecule has 0 saturated carbocycles. The van der Waals surface area contributed by atoms with Crippen molar-refractivity contribution in [2.24, 2.45) is 0 Å². The third-order valence-electron chi connectivity index (χ3n) is 3.82. The molecule has 0 bridgehead atoms. The first kappa shape index (κ1) is 17.2. The molecule has 0 aromatic carbocycles. The molecule has 1 amide bonds. The molecular formula is C15H21N3O5. The van der Waals surface area contributed by atoms with E-state index >= 15 is 0 Å². The highest BCUT2D eigenvalue weighted by Crippen LogP contribution is 2.18. The summed E-state index contributed by atoms with van der Waals surface area (Å²) >= 11 is 0. The van der Waals surface area contributed by atoms with Gasteiger partial charge in [0.15, 0.2) is 6.10 Å². The number of likely N-dealkylation sites (tertiary alicyclic amines) is 1. The van der Waals surface area contributed by atoms with Gasteiger partial charge >= 0.3 is 5.97 Å². The minimum Gasteiger partial charge on any atom is -0.480 e. The largest absolute Gasteiger partial charge is 0.480 e. The molecule has 0 spiro atoms. The second kappa shape index (κ2) is 7.38. The summed E-state index contributed by atoms with van der Waals surface area (Å²) in [6.07, 6.45) is 1.63. The van der Waals surface area contributed by atoms with E-state index in [0.717, 1.165) is 0 Å². The second-order valence-electron chi connectivity index (χ2n) is 5.64. The monoisotopic (exact) mass is 323 g/mol. The predicted octanol–water partition coefficient (Wildman–Crippen LogP) is -0.563. The van der Waals surface area contributed by atoms with Crippen molar-refractivity contribution in [3.05, 3.63) is 24.5 Å². The van der Waals surface area contributed by atoms with Crippen LogP contribution in [0.4, 0.5) is 0 Å². The quantitative estimate of drug-likeness (QED) is 0.723. The lowest BCUT2D eigenvalue weighted by Gasteiger charge is -2.25. The van der Waals surface area contributed by atoms with E-state index < -0.39 is 24.2 Å². The highest BCUT2D eigenvalue weighted by atomic mass is 16.5. The number of carboxylic acid groups (broad SMARTS) is 1.